The lowest BCUT2D eigenvalue weighted by Gasteiger charge is -2.47. The first kappa shape index (κ1) is 13.9. The van der Waals surface area contributed by atoms with Gasteiger partial charge in [0.15, 0.2) is 24.7 Å². The first-order chi connectivity index (χ1) is 8.29. The quantitative estimate of drug-likeness (QED) is 0.599. The SMILES string of the molecule is FC1C(F)C(F)C2C(F)C(F)C(F)C(F)C2C1F. The normalized spacial score (nSPS) is 61.3. The van der Waals surface area contributed by atoms with Crippen molar-refractivity contribution in [3.63, 3.8) is 0 Å². The van der Waals surface area contributed by atoms with E-state index in [0.717, 1.165) is 0 Å². The van der Waals surface area contributed by atoms with Crippen molar-refractivity contribution in [2.45, 2.75) is 49.4 Å². The molecule has 8 unspecified atom stereocenters. The third-order valence-electron chi connectivity index (χ3n) is 3.74. The maximum absolute atomic E-state index is 13.4. The molecule has 0 spiro atoms. The monoisotopic (exact) mass is 282 g/mol. The van der Waals surface area contributed by atoms with Crippen LogP contribution in [0.2, 0.25) is 0 Å². The van der Waals surface area contributed by atoms with Gasteiger partial charge >= 0.3 is 0 Å². The highest BCUT2D eigenvalue weighted by atomic mass is 19.2. The van der Waals surface area contributed by atoms with Crippen molar-refractivity contribution in [1.29, 1.82) is 0 Å². The first-order valence-corrected chi connectivity index (χ1v) is 5.41. The highest BCUT2D eigenvalue weighted by Crippen LogP contribution is 2.49. The molecular formula is C10H10F8. The van der Waals surface area contributed by atoms with Crippen LogP contribution in [0.25, 0.3) is 0 Å². The molecule has 0 aromatic rings. The summed E-state index contributed by atoms with van der Waals surface area (Å²) < 4.78 is 106. The molecule has 2 aliphatic rings. The van der Waals surface area contributed by atoms with Crippen LogP contribution in [0.1, 0.15) is 0 Å². The van der Waals surface area contributed by atoms with Gasteiger partial charge in [0.1, 0.15) is 24.7 Å². The Morgan fingerprint density at radius 2 is 0.444 bits per heavy atom. The molecule has 0 aromatic carbocycles. The molecule has 8 atom stereocenters. The van der Waals surface area contributed by atoms with E-state index in [1.807, 2.05) is 0 Å². The number of halogens is 8. The van der Waals surface area contributed by atoms with Gasteiger partial charge < -0.3 is 0 Å². The van der Waals surface area contributed by atoms with E-state index in [-0.39, 0.29) is 0 Å². The molecule has 18 heavy (non-hydrogen) atoms. The molecule has 0 aliphatic heterocycles. The van der Waals surface area contributed by atoms with Crippen molar-refractivity contribution in [1.82, 2.24) is 0 Å². The van der Waals surface area contributed by atoms with Gasteiger partial charge in [-0.05, 0) is 0 Å². The van der Waals surface area contributed by atoms with Crippen molar-refractivity contribution in [3.05, 3.63) is 0 Å². The van der Waals surface area contributed by atoms with Crippen LogP contribution < -0.4 is 0 Å². The van der Waals surface area contributed by atoms with E-state index >= 15 is 0 Å². The molecule has 2 rings (SSSR count). The summed E-state index contributed by atoms with van der Waals surface area (Å²) in [5, 5.41) is 0. The van der Waals surface area contributed by atoms with Gasteiger partial charge in [0.05, 0.1) is 0 Å². The smallest absolute Gasteiger partial charge is 0.165 e. The molecular weight excluding hydrogens is 272 g/mol. The Hall–Kier alpha value is -0.560. The van der Waals surface area contributed by atoms with E-state index < -0.39 is 61.2 Å². The zero-order valence-electron chi connectivity index (χ0n) is 8.80. The Balaban J connectivity index is 2.36. The number of rotatable bonds is 0. The second-order valence-corrected chi connectivity index (χ2v) is 4.71. The van der Waals surface area contributed by atoms with Crippen LogP contribution in [-0.4, -0.2) is 49.4 Å². The third kappa shape index (κ3) is 1.71. The average molecular weight is 282 g/mol. The number of fused-ring (bicyclic) bond motifs is 1. The van der Waals surface area contributed by atoms with Gasteiger partial charge in [-0.2, -0.15) is 0 Å². The largest absolute Gasteiger partial charge is 0.244 e. The van der Waals surface area contributed by atoms with E-state index in [1.54, 1.807) is 0 Å². The maximum atomic E-state index is 13.4. The molecule has 0 saturated heterocycles. The Labute approximate surface area is 97.3 Å². The lowest BCUT2D eigenvalue weighted by molar-refractivity contribution is -0.175. The van der Waals surface area contributed by atoms with E-state index in [2.05, 4.69) is 0 Å². The summed E-state index contributed by atoms with van der Waals surface area (Å²) in [6.45, 7) is 0. The standard InChI is InChI=1S/C10H10F8/c11-3-1-2(5(13)9(17)7(3)15)6(14)10(18)8(16)4(1)12/h1-10H. The summed E-state index contributed by atoms with van der Waals surface area (Å²) in [6.07, 6.45) is -23.6. The summed E-state index contributed by atoms with van der Waals surface area (Å²) >= 11 is 0. The fraction of sp³-hybridized carbons (Fsp3) is 1.00. The van der Waals surface area contributed by atoms with Gasteiger partial charge in [-0.25, -0.2) is 35.1 Å². The van der Waals surface area contributed by atoms with Gasteiger partial charge in [-0.1, -0.05) is 0 Å². The molecule has 0 aromatic heterocycles. The van der Waals surface area contributed by atoms with Crippen LogP contribution >= 0.6 is 0 Å². The average Bonchev–Trinajstić information content (AvgIpc) is 2.35. The van der Waals surface area contributed by atoms with Crippen LogP contribution in [0.3, 0.4) is 0 Å². The van der Waals surface area contributed by atoms with Gasteiger partial charge in [-0.15, -0.1) is 0 Å². The Bertz CT molecular complexity index is 254. The molecule has 2 fully saturated rings. The fourth-order valence-corrected chi connectivity index (χ4v) is 2.75. The van der Waals surface area contributed by atoms with Gasteiger partial charge in [-0.3, -0.25) is 0 Å². The van der Waals surface area contributed by atoms with E-state index in [0.29, 0.717) is 0 Å². The van der Waals surface area contributed by atoms with E-state index in [9.17, 15) is 35.1 Å². The zero-order chi connectivity index (χ0) is 13.8. The maximum Gasteiger partial charge on any atom is 0.165 e. The highest BCUT2D eigenvalue weighted by Gasteiger charge is 2.64. The summed E-state index contributed by atoms with van der Waals surface area (Å²) in [4.78, 5) is 0. The summed E-state index contributed by atoms with van der Waals surface area (Å²) in [5.41, 5.74) is 0. The topological polar surface area (TPSA) is 0 Å². The van der Waals surface area contributed by atoms with Crippen molar-refractivity contribution in [2.75, 3.05) is 0 Å². The van der Waals surface area contributed by atoms with Crippen molar-refractivity contribution in [2.24, 2.45) is 11.8 Å². The number of hydrogen-bond donors (Lipinski definition) is 0. The fourth-order valence-electron chi connectivity index (χ4n) is 2.75. The Morgan fingerprint density at radius 1 is 0.278 bits per heavy atom. The summed E-state index contributed by atoms with van der Waals surface area (Å²) in [6, 6.07) is 0. The third-order valence-corrected chi connectivity index (χ3v) is 3.74. The van der Waals surface area contributed by atoms with E-state index in [1.165, 1.54) is 0 Å². The molecule has 0 N–H and O–H groups in total. The van der Waals surface area contributed by atoms with Crippen LogP contribution in [-0.2, 0) is 0 Å². The highest BCUT2D eigenvalue weighted by molar-refractivity contribution is 5.10. The van der Waals surface area contributed by atoms with Crippen molar-refractivity contribution >= 4 is 0 Å². The van der Waals surface area contributed by atoms with Crippen LogP contribution in [0.4, 0.5) is 35.1 Å². The Kier molecular flexibility index (Phi) is 3.48. The molecule has 8 heteroatoms. The zero-order valence-corrected chi connectivity index (χ0v) is 8.80. The first-order valence-electron chi connectivity index (χ1n) is 5.41. The molecule has 0 nitrogen and oxygen atoms in total. The molecule has 0 heterocycles. The second-order valence-electron chi connectivity index (χ2n) is 4.71. The molecule has 2 aliphatic carbocycles. The summed E-state index contributed by atoms with van der Waals surface area (Å²) in [5.74, 6) is -4.70. The number of alkyl halides is 8. The summed E-state index contributed by atoms with van der Waals surface area (Å²) in [7, 11) is 0. The molecule has 0 radical (unpaired) electrons. The lowest BCUT2D eigenvalue weighted by atomic mass is 9.65. The van der Waals surface area contributed by atoms with E-state index in [4.69, 9.17) is 0 Å². The minimum absolute atomic E-state index is 2.35. The Morgan fingerprint density at radius 3 is 0.611 bits per heavy atom. The van der Waals surface area contributed by atoms with Crippen LogP contribution in [0.5, 0.6) is 0 Å². The molecule has 0 bridgehead atoms. The molecule has 2 saturated carbocycles. The van der Waals surface area contributed by atoms with Gasteiger partial charge in [0.25, 0.3) is 0 Å². The minimum Gasteiger partial charge on any atom is -0.244 e. The second kappa shape index (κ2) is 4.52. The number of hydrogen-bond acceptors (Lipinski definition) is 0. The van der Waals surface area contributed by atoms with Crippen LogP contribution in [0, 0.1) is 11.8 Å². The molecule has 0 amide bonds. The van der Waals surface area contributed by atoms with Gasteiger partial charge in [0, 0.05) is 11.8 Å². The van der Waals surface area contributed by atoms with Crippen molar-refractivity contribution in [3.8, 4) is 0 Å². The molecule has 106 valence electrons. The van der Waals surface area contributed by atoms with Crippen molar-refractivity contribution < 1.29 is 35.1 Å². The van der Waals surface area contributed by atoms with Gasteiger partial charge in [0.2, 0.25) is 0 Å². The predicted octanol–water partition coefficient (Wildman–Crippen LogP) is 2.95. The minimum atomic E-state index is -3.00. The van der Waals surface area contributed by atoms with Crippen LogP contribution in [0.15, 0.2) is 0 Å². The lowest BCUT2D eigenvalue weighted by Crippen LogP contribution is -2.64. The predicted molar refractivity (Wildman–Crippen MR) is 46.1 cm³/mol.